The van der Waals surface area contributed by atoms with Gasteiger partial charge in [-0.3, -0.25) is 9.69 Å². The van der Waals surface area contributed by atoms with Gasteiger partial charge in [0.1, 0.15) is 6.04 Å². The fourth-order valence-electron chi connectivity index (χ4n) is 4.59. The first kappa shape index (κ1) is 23.3. The van der Waals surface area contributed by atoms with Crippen molar-refractivity contribution in [2.45, 2.75) is 48.9 Å². The lowest BCUT2D eigenvalue weighted by Gasteiger charge is -2.42. The van der Waals surface area contributed by atoms with E-state index < -0.39 is 26.8 Å². The van der Waals surface area contributed by atoms with Crippen LogP contribution in [-0.2, 0) is 21.4 Å². The quantitative estimate of drug-likeness (QED) is 0.684. The van der Waals surface area contributed by atoms with E-state index in [-0.39, 0.29) is 11.4 Å². The number of sulfonamides is 1. The van der Waals surface area contributed by atoms with Crippen LogP contribution >= 0.6 is 11.8 Å². The van der Waals surface area contributed by atoms with E-state index in [4.69, 9.17) is 0 Å². The van der Waals surface area contributed by atoms with E-state index in [0.29, 0.717) is 5.75 Å². The molecule has 2 heterocycles. The third kappa shape index (κ3) is 4.73. The average molecular weight is 475 g/mol. The van der Waals surface area contributed by atoms with E-state index in [9.17, 15) is 18.3 Å². The van der Waals surface area contributed by atoms with Crippen molar-refractivity contribution in [3.63, 3.8) is 0 Å². The van der Waals surface area contributed by atoms with E-state index in [2.05, 4.69) is 29.2 Å². The lowest BCUT2D eigenvalue weighted by atomic mass is 10.0. The summed E-state index contributed by atoms with van der Waals surface area (Å²) in [4.78, 5) is 14.5. The molecule has 2 aliphatic heterocycles. The van der Waals surface area contributed by atoms with Crippen LogP contribution < -0.4 is 0 Å². The minimum atomic E-state index is -3.91. The van der Waals surface area contributed by atoms with E-state index in [1.807, 2.05) is 0 Å². The number of aliphatic carboxylic acids is 1. The molecule has 0 radical (unpaired) electrons. The van der Waals surface area contributed by atoms with Gasteiger partial charge in [0.15, 0.2) is 0 Å². The lowest BCUT2D eigenvalue weighted by molar-refractivity contribution is -0.142. The minimum Gasteiger partial charge on any atom is -0.480 e. The topological polar surface area (TPSA) is 77.9 Å². The molecule has 6 nitrogen and oxygen atoms in total. The summed E-state index contributed by atoms with van der Waals surface area (Å²) in [5.74, 6) is -0.547. The number of rotatable bonds is 6. The van der Waals surface area contributed by atoms with Crippen molar-refractivity contribution in [1.29, 1.82) is 0 Å². The van der Waals surface area contributed by atoms with E-state index in [1.54, 1.807) is 38.1 Å². The second-order valence-corrected chi connectivity index (χ2v) is 12.7. The average Bonchev–Trinajstić information content (AvgIpc) is 3.26. The molecule has 0 amide bonds. The van der Waals surface area contributed by atoms with E-state index in [0.717, 1.165) is 35.1 Å². The summed E-state index contributed by atoms with van der Waals surface area (Å²) in [5, 5.41) is 9.74. The molecule has 1 atom stereocenters. The molecule has 32 heavy (non-hydrogen) atoms. The molecule has 0 spiro atoms. The van der Waals surface area contributed by atoms with Crippen LogP contribution in [0, 0.1) is 0 Å². The summed E-state index contributed by atoms with van der Waals surface area (Å²) in [6.45, 7) is 7.05. The number of carboxylic acid groups (broad SMARTS) is 1. The number of thioether (sulfide) groups is 1. The highest BCUT2D eigenvalue weighted by molar-refractivity contribution is 8.00. The van der Waals surface area contributed by atoms with Gasteiger partial charge in [-0.2, -0.15) is 16.1 Å². The van der Waals surface area contributed by atoms with E-state index >= 15 is 0 Å². The number of carboxylic acids is 1. The molecule has 4 rings (SSSR count). The summed E-state index contributed by atoms with van der Waals surface area (Å²) < 4.78 is 27.0. The summed E-state index contributed by atoms with van der Waals surface area (Å²) in [6.07, 6.45) is 2.54. The third-order valence-electron chi connectivity index (χ3n) is 6.32. The van der Waals surface area contributed by atoms with Gasteiger partial charge < -0.3 is 5.11 Å². The van der Waals surface area contributed by atoms with Gasteiger partial charge in [-0.25, -0.2) is 8.42 Å². The van der Waals surface area contributed by atoms with Gasteiger partial charge >= 0.3 is 5.97 Å². The minimum absolute atomic E-state index is 0.126. The SMILES string of the molecule is CC1(C)SCCN(S(=O)(=O)c2ccc(-c3ccc(CN4CCCC4)cc3)cc2)C1C(=O)O. The van der Waals surface area contributed by atoms with Gasteiger partial charge in [-0.15, -0.1) is 0 Å². The maximum atomic E-state index is 13.3. The molecule has 8 heteroatoms. The second kappa shape index (κ2) is 9.17. The lowest BCUT2D eigenvalue weighted by Crippen LogP contribution is -2.58. The summed E-state index contributed by atoms with van der Waals surface area (Å²) >= 11 is 1.49. The Morgan fingerprint density at radius 1 is 1.00 bits per heavy atom. The summed E-state index contributed by atoms with van der Waals surface area (Å²) in [6, 6.07) is 14.0. The molecule has 1 unspecified atom stereocenters. The maximum Gasteiger partial charge on any atom is 0.323 e. The first-order valence-electron chi connectivity index (χ1n) is 11.0. The first-order chi connectivity index (χ1) is 15.2. The molecule has 0 saturated carbocycles. The molecule has 0 aromatic heterocycles. The van der Waals surface area contributed by atoms with Crippen LogP contribution in [0.25, 0.3) is 11.1 Å². The number of benzene rings is 2. The normalized spacial score (nSPS) is 22.1. The fourth-order valence-corrected chi connectivity index (χ4v) is 7.69. The van der Waals surface area contributed by atoms with Crippen molar-refractivity contribution in [3.8, 4) is 11.1 Å². The first-order valence-corrected chi connectivity index (χ1v) is 13.4. The molecule has 2 fully saturated rings. The molecule has 1 N–H and O–H groups in total. The highest BCUT2D eigenvalue weighted by Gasteiger charge is 2.48. The van der Waals surface area contributed by atoms with Crippen LogP contribution in [-0.4, -0.2) is 64.9 Å². The molecule has 0 aliphatic carbocycles. The van der Waals surface area contributed by atoms with Crippen molar-refractivity contribution >= 4 is 27.8 Å². The molecule has 2 aliphatic rings. The van der Waals surface area contributed by atoms with Crippen molar-refractivity contribution in [2.75, 3.05) is 25.4 Å². The highest BCUT2D eigenvalue weighted by Crippen LogP contribution is 2.38. The number of carbonyl (C=O) groups is 1. The van der Waals surface area contributed by atoms with Gasteiger partial charge in [0.25, 0.3) is 0 Å². The van der Waals surface area contributed by atoms with Crippen LogP contribution in [0.3, 0.4) is 0 Å². The zero-order chi connectivity index (χ0) is 22.9. The number of hydrogen-bond acceptors (Lipinski definition) is 5. The monoisotopic (exact) mass is 474 g/mol. The van der Waals surface area contributed by atoms with Crippen LogP contribution in [0.15, 0.2) is 53.4 Å². The highest BCUT2D eigenvalue weighted by atomic mass is 32.2. The Bertz CT molecular complexity index is 1060. The maximum absolute atomic E-state index is 13.3. The molecule has 2 aromatic carbocycles. The number of hydrogen-bond donors (Lipinski definition) is 1. The van der Waals surface area contributed by atoms with Crippen molar-refractivity contribution in [1.82, 2.24) is 9.21 Å². The summed E-state index contributed by atoms with van der Waals surface area (Å²) in [5.41, 5.74) is 3.24. The van der Waals surface area contributed by atoms with Gasteiger partial charge in [-0.05, 0) is 68.6 Å². The molecular weight excluding hydrogens is 444 g/mol. The Balaban J connectivity index is 1.53. The Labute approximate surface area is 194 Å². The van der Waals surface area contributed by atoms with Crippen LogP contribution in [0.1, 0.15) is 32.3 Å². The molecule has 0 bridgehead atoms. The van der Waals surface area contributed by atoms with Gasteiger partial charge in [0.05, 0.1) is 4.90 Å². The molecular formula is C24H30N2O4S2. The van der Waals surface area contributed by atoms with Crippen LogP contribution in [0.5, 0.6) is 0 Å². The molecule has 2 aromatic rings. The molecule has 2 saturated heterocycles. The van der Waals surface area contributed by atoms with E-state index in [1.165, 1.54) is 30.2 Å². The largest absolute Gasteiger partial charge is 0.480 e. The number of likely N-dealkylation sites (tertiary alicyclic amines) is 1. The van der Waals surface area contributed by atoms with Crippen molar-refractivity contribution < 1.29 is 18.3 Å². The zero-order valence-corrected chi connectivity index (χ0v) is 20.2. The standard InChI is InChI=1S/C24H30N2O4S2/c1-24(2)22(23(27)28)26(15-16-31-24)32(29,30)21-11-9-20(10-12-21)19-7-5-18(6-8-19)17-25-13-3-4-14-25/h5-12,22H,3-4,13-17H2,1-2H3,(H,27,28). The number of nitrogens with zero attached hydrogens (tertiary/aromatic N) is 2. The van der Waals surface area contributed by atoms with Crippen LogP contribution in [0.2, 0.25) is 0 Å². The van der Waals surface area contributed by atoms with Crippen molar-refractivity contribution in [2.24, 2.45) is 0 Å². The fraction of sp³-hybridized carbons (Fsp3) is 0.458. The predicted molar refractivity (Wildman–Crippen MR) is 128 cm³/mol. The Hall–Kier alpha value is -1.87. The van der Waals surface area contributed by atoms with Crippen molar-refractivity contribution in [3.05, 3.63) is 54.1 Å². The third-order valence-corrected chi connectivity index (χ3v) is 9.55. The molecule has 172 valence electrons. The smallest absolute Gasteiger partial charge is 0.323 e. The Morgan fingerprint density at radius 3 is 2.12 bits per heavy atom. The van der Waals surface area contributed by atoms with Gasteiger partial charge in [0, 0.05) is 23.6 Å². The van der Waals surface area contributed by atoms with Gasteiger partial charge in [0.2, 0.25) is 10.0 Å². The zero-order valence-electron chi connectivity index (χ0n) is 18.5. The Kier molecular flexibility index (Phi) is 6.68. The van der Waals surface area contributed by atoms with Gasteiger partial charge in [-0.1, -0.05) is 36.4 Å². The van der Waals surface area contributed by atoms with Crippen LogP contribution in [0.4, 0.5) is 0 Å². The predicted octanol–water partition coefficient (Wildman–Crippen LogP) is 3.92. The summed E-state index contributed by atoms with van der Waals surface area (Å²) in [7, 11) is -3.91. The second-order valence-electron chi connectivity index (χ2n) is 9.01. The Morgan fingerprint density at radius 2 is 1.56 bits per heavy atom.